The number of rotatable bonds is 8. The number of carbonyl (C=O) groups excluding carboxylic acids is 1. The summed E-state index contributed by atoms with van der Waals surface area (Å²) in [4.78, 5) is 23.1. The fraction of sp³-hybridized carbons (Fsp3) is 0.846. The zero-order valence-corrected chi connectivity index (χ0v) is 13.2. The van der Waals surface area contributed by atoms with Gasteiger partial charge in [0.1, 0.15) is 18.3 Å². The molecule has 0 bridgehead atoms. The lowest BCUT2D eigenvalue weighted by atomic mass is 9.88. The number of nitrogens with two attached hydrogens (primary N) is 1. The highest BCUT2D eigenvalue weighted by Gasteiger charge is 2.55. The number of nitrogens with one attached hydrogen (secondary N) is 1. The molecule has 1 fully saturated rings. The van der Waals surface area contributed by atoms with Gasteiger partial charge in [0, 0.05) is 13.0 Å². The minimum Gasteiger partial charge on any atom is -0.477 e. The van der Waals surface area contributed by atoms with E-state index in [0.29, 0.717) is 0 Å². The molecule has 11 nitrogen and oxygen atoms in total. The van der Waals surface area contributed by atoms with E-state index in [-0.39, 0.29) is 6.61 Å². The summed E-state index contributed by atoms with van der Waals surface area (Å²) in [6.07, 6.45) is -7.04. The predicted octanol–water partition coefficient (Wildman–Crippen LogP) is -3.89. The smallest absolute Gasteiger partial charge is 0.364 e. The molecule has 0 spiro atoms. The van der Waals surface area contributed by atoms with E-state index in [4.69, 9.17) is 20.3 Å². The topological polar surface area (TPSA) is 192 Å². The third kappa shape index (κ3) is 4.39. The van der Waals surface area contributed by atoms with Crippen molar-refractivity contribution < 1.29 is 44.6 Å². The van der Waals surface area contributed by atoms with Crippen LogP contribution in [0.4, 0.5) is 0 Å². The average molecular weight is 352 g/mol. The molecule has 11 heteroatoms. The largest absolute Gasteiger partial charge is 0.477 e. The minimum atomic E-state index is -2.26. The van der Waals surface area contributed by atoms with Gasteiger partial charge in [0.05, 0.1) is 25.3 Å². The Morgan fingerprint density at radius 1 is 1.46 bits per heavy atom. The molecule has 1 aliphatic heterocycles. The van der Waals surface area contributed by atoms with Gasteiger partial charge in [-0.15, -0.1) is 0 Å². The van der Waals surface area contributed by atoms with Crippen LogP contribution in [0.15, 0.2) is 0 Å². The maximum atomic E-state index is 11.5. The molecule has 0 saturated carbocycles. The van der Waals surface area contributed by atoms with E-state index >= 15 is 0 Å². The quantitative estimate of drug-likeness (QED) is 0.227. The van der Waals surface area contributed by atoms with Crippen LogP contribution in [-0.4, -0.2) is 93.4 Å². The van der Waals surface area contributed by atoms with E-state index < -0.39 is 67.7 Å². The molecule has 0 aliphatic carbocycles. The number of carbonyl (C=O) groups is 2. The maximum absolute atomic E-state index is 11.5. The molecule has 1 aliphatic rings. The first kappa shape index (κ1) is 20.7. The molecule has 0 aromatic carbocycles. The molecule has 0 radical (unpaired) electrons. The zero-order chi connectivity index (χ0) is 18.5. The first-order valence-electron chi connectivity index (χ1n) is 7.42. The molecule has 0 aromatic rings. The lowest BCUT2D eigenvalue weighted by Gasteiger charge is -2.46. The number of hydrogen-bond donors (Lipinski definition) is 7. The summed E-state index contributed by atoms with van der Waals surface area (Å²) in [6, 6.07) is -1.26. The highest BCUT2D eigenvalue weighted by atomic mass is 16.7. The Morgan fingerprint density at radius 3 is 2.54 bits per heavy atom. The van der Waals surface area contributed by atoms with E-state index in [1.54, 1.807) is 0 Å². The minimum absolute atomic E-state index is 0.0653. The van der Waals surface area contributed by atoms with Crippen LogP contribution in [0.3, 0.4) is 0 Å². The van der Waals surface area contributed by atoms with Gasteiger partial charge >= 0.3 is 5.97 Å². The number of carboxylic acid groups (broad SMARTS) is 1. The number of aliphatic hydroxyl groups is 4. The fourth-order valence-corrected chi connectivity index (χ4v) is 2.52. The summed E-state index contributed by atoms with van der Waals surface area (Å²) in [5.41, 5.74) is 5.19. The molecular weight excluding hydrogens is 328 g/mol. The number of amides is 1. The summed E-state index contributed by atoms with van der Waals surface area (Å²) < 4.78 is 10.4. The molecule has 0 aromatic heterocycles. The number of aliphatic carboxylic acids is 1. The maximum Gasteiger partial charge on any atom is 0.364 e. The Labute approximate surface area is 138 Å². The van der Waals surface area contributed by atoms with Gasteiger partial charge in [-0.1, -0.05) is 0 Å². The summed E-state index contributed by atoms with van der Waals surface area (Å²) in [6.45, 7) is 0.189. The van der Waals surface area contributed by atoms with E-state index in [1.807, 2.05) is 0 Å². The molecule has 1 amide bonds. The van der Waals surface area contributed by atoms with Crippen molar-refractivity contribution in [3.05, 3.63) is 0 Å². The third-order valence-corrected chi connectivity index (χ3v) is 3.71. The van der Waals surface area contributed by atoms with E-state index in [0.717, 1.165) is 0 Å². The fourth-order valence-electron chi connectivity index (χ4n) is 2.52. The number of carboxylic acids is 1. The average Bonchev–Trinajstić information content (AvgIpc) is 2.55. The molecule has 1 rings (SSSR count). The van der Waals surface area contributed by atoms with Crippen LogP contribution >= 0.6 is 0 Å². The van der Waals surface area contributed by atoms with Crippen molar-refractivity contribution in [3.63, 3.8) is 0 Å². The van der Waals surface area contributed by atoms with Crippen LogP contribution in [0.1, 0.15) is 13.3 Å². The highest BCUT2D eigenvalue weighted by Crippen LogP contribution is 2.33. The lowest BCUT2D eigenvalue weighted by molar-refractivity contribution is -0.310. The van der Waals surface area contributed by atoms with Crippen molar-refractivity contribution >= 4 is 11.9 Å². The van der Waals surface area contributed by atoms with Crippen LogP contribution in [-0.2, 0) is 19.1 Å². The van der Waals surface area contributed by atoms with Gasteiger partial charge in [0.15, 0.2) is 0 Å². The highest BCUT2D eigenvalue weighted by molar-refractivity contribution is 5.78. The molecule has 140 valence electrons. The van der Waals surface area contributed by atoms with Gasteiger partial charge in [0.2, 0.25) is 5.91 Å². The monoisotopic (exact) mass is 352 g/mol. The van der Waals surface area contributed by atoms with Gasteiger partial charge in [-0.3, -0.25) is 4.79 Å². The van der Waals surface area contributed by atoms with Crippen molar-refractivity contribution in [1.29, 1.82) is 0 Å². The second-order valence-electron chi connectivity index (χ2n) is 5.38. The van der Waals surface area contributed by atoms with Gasteiger partial charge in [-0.05, 0) is 6.92 Å². The SMILES string of the molecule is CCOC1(C(=O)O)CC(O)C(NC(=O)CN)C(C(O)C(O)CO)O1. The number of aliphatic hydroxyl groups excluding tert-OH is 4. The van der Waals surface area contributed by atoms with Gasteiger partial charge in [0.25, 0.3) is 5.79 Å². The molecule has 1 heterocycles. The number of ether oxygens (including phenoxy) is 2. The van der Waals surface area contributed by atoms with E-state index in [2.05, 4.69) is 5.32 Å². The molecule has 24 heavy (non-hydrogen) atoms. The molecule has 6 atom stereocenters. The molecule has 6 unspecified atom stereocenters. The Hall–Kier alpha value is -1.34. The summed E-state index contributed by atoms with van der Waals surface area (Å²) in [5, 5.41) is 50.7. The summed E-state index contributed by atoms with van der Waals surface area (Å²) in [7, 11) is 0. The Morgan fingerprint density at radius 2 is 2.08 bits per heavy atom. The first-order valence-corrected chi connectivity index (χ1v) is 7.42. The Kier molecular flexibility index (Phi) is 7.48. The Bertz CT molecular complexity index is 449. The van der Waals surface area contributed by atoms with Crippen LogP contribution in [0.5, 0.6) is 0 Å². The van der Waals surface area contributed by atoms with Crippen LogP contribution < -0.4 is 11.1 Å². The van der Waals surface area contributed by atoms with E-state index in [9.17, 15) is 30.0 Å². The van der Waals surface area contributed by atoms with Gasteiger partial charge < -0.3 is 46.1 Å². The zero-order valence-electron chi connectivity index (χ0n) is 13.2. The van der Waals surface area contributed by atoms with Crippen LogP contribution in [0, 0.1) is 0 Å². The first-order chi connectivity index (χ1) is 11.2. The second-order valence-corrected chi connectivity index (χ2v) is 5.38. The van der Waals surface area contributed by atoms with Crippen molar-refractivity contribution in [1.82, 2.24) is 5.32 Å². The van der Waals surface area contributed by atoms with E-state index in [1.165, 1.54) is 6.92 Å². The van der Waals surface area contributed by atoms with Crippen molar-refractivity contribution in [2.24, 2.45) is 5.73 Å². The second kappa shape index (κ2) is 8.67. The third-order valence-electron chi connectivity index (χ3n) is 3.71. The normalized spacial score (nSPS) is 32.8. The lowest BCUT2D eigenvalue weighted by Crippen LogP contribution is -2.68. The number of hydrogen-bond acceptors (Lipinski definition) is 9. The van der Waals surface area contributed by atoms with Gasteiger partial charge in [-0.25, -0.2) is 4.79 Å². The molecule has 1 saturated heterocycles. The summed E-state index contributed by atoms with van der Waals surface area (Å²) >= 11 is 0. The summed E-state index contributed by atoms with van der Waals surface area (Å²) in [5.74, 6) is -4.49. The van der Waals surface area contributed by atoms with Gasteiger partial charge in [-0.2, -0.15) is 0 Å². The van der Waals surface area contributed by atoms with Crippen molar-refractivity contribution in [3.8, 4) is 0 Å². The molecular formula is C13H24N2O9. The standard InChI is InChI=1S/C13H24N2O9/c1-2-23-13(12(21)22)3-6(17)9(15-8(19)4-14)11(24-13)10(20)7(18)5-16/h6-7,9-11,16-18,20H,2-5,14H2,1H3,(H,15,19)(H,21,22). The molecule has 8 N–H and O–H groups in total. The van der Waals surface area contributed by atoms with Crippen LogP contribution in [0.25, 0.3) is 0 Å². The van der Waals surface area contributed by atoms with Crippen LogP contribution in [0.2, 0.25) is 0 Å². The predicted molar refractivity (Wildman–Crippen MR) is 77.6 cm³/mol. The van der Waals surface area contributed by atoms with Crippen molar-refractivity contribution in [2.75, 3.05) is 19.8 Å². The Balaban J connectivity index is 3.17. The van der Waals surface area contributed by atoms with Crippen molar-refractivity contribution in [2.45, 2.75) is 49.6 Å².